The van der Waals surface area contributed by atoms with Gasteiger partial charge in [-0.1, -0.05) is 43.5 Å². The summed E-state index contributed by atoms with van der Waals surface area (Å²) in [7, 11) is 0. The molecule has 1 aliphatic rings. The van der Waals surface area contributed by atoms with E-state index in [1.54, 1.807) is 24.3 Å². The summed E-state index contributed by atoms with van der Waals surface area (Å²) in [6, 6.07) is 14.5. The van der Waals surface area contributed by atoms with Gasteiger partial charge in [0.05, 0.1) is 4.47 Å². The molecule has 1 aliphatic carbocycles. The van der Waals surface area contributed by atoms with Crippen LogP contribution in [0.1, 0.15) is 37.7 Å². The lowest BCUT2D eigenvalue weighted by Crippen LogP contribution is -2.33. The third-order valence-corrected chi connectivity index (χ3v) is 5.37. The second-order valence-electron chi connectivity index (χ2n) is 6.79. The first-order valence-corrected chi connectivity index (χ1v) is 10.1. The molecule has 6 heteroatoms. The molecule has 2 aromatic carbocycles. The summed E-state index contributed by atoms with van der Waals surface area (Å²) in [6.45, 7) is 0. The molecule has 0 saturated heterocycles. The molecule has 0 aromatic heterocycles. The van der Waals surface area contributed by atoms with Gasteiger partial charge in [-0.25, -0.2) is 4.79 Å². The van der Waals surface area contributed by atoms with Gasteiger partial charge in [-0.3, -0.25) is 4.79 Å². The molecular weight excluding hydrogens is 422 g/mol. The van der Waals surface area contributed by atoms with Gasteiger partial charge in [0.25, 0.3) is 0 Å². The Kier molecular flexibility index (Phi) is 6.87. The molecule has 3 rings (SSSR count). The molecule has 0 unspecified atom stereocenters. The van der Waals surface area contributed by atoms with E-state index in [-0.39, 0.29) is 17.5 Å². The summed E-state index contributed by atoms with van der Waals surface area (Å²) in [5.74, 6) is -0.138. The number of nitrogens with one attached hydrogen (secondary N) is 1. The van der Waals surface area contributed by atoms with Crippen LogP contribution >= 0.6 is 15.9 Å². The van der Waals surface area contributed by atoms with Crippen molar-refractivity contribution in [3.8, 4) is 11.5 Å². The summed E-state index contributed by atoms with van der Waals surface area (Å²) < 4.78 is 6.65. The lowest BCUT2D eigenvalue weighted by atomic mass is 9.88. The fourth-order valence-corrected chi connectivity index (χ4v) is 3.57. The number of rotatable bonds is 6. The number of halogens is 1. The molecule has 0 radical (unpaired) electrons. The van der Waals surface area contributed by atoms with Crippen LogP contribution in [0.15, 0.2) is 58.7 Å². The van der Waals surface area contributed by atoms with Crippen LogP contribution in [0, 0.1) is 5.92 Å². The molecular formula is C22H22BrNO4. The lowest BCUT2D eigenvalue weighted by Gasteiger charge is -2.20. The summed E-state index contributed by atoms with van der Waals surface area (Å²) in [5, 5.41) is 12.0. The minimum Gasteiger partial charge on any atom is -0.477 e. The van der Waals surface area contributed by atoms with E-state index in [2.05, 4.69) is 21.2 Å². The molecule has 0 atom stereocenters. The quantitative estimate of drug-likeness (QED) is 0.588. The maximum absolute atomic E-state index is 12.4. The van der Waals surface area contributed by atoms with E-state index in [1.165, 1.54) is 6.08 Å². The van der Waals surface area contributed by atoms with Gasteiger partial charge in [0.15, 0.2) is 0 Å². The molecule has 0 heterocycles. The lowest BCUT2D eigenvalue weighted by molar-refractivity contribution is -0.135. The molecule has 0 aliphatic heterocycles. The van der Waals surface area contributed by atoms with Crippen LogP contribution in [0.2, 0.25) is 0 Å². The van der Waals surface area contributed by atoms with Gasteiger partial charge >= 0.3 is 5.97 Å². The maximum Gasteiger partial charge on any atom is 0.352 e. The monoisotopic (exact) mass is 443 g/mol. The van der Waals surface area contributed by atoms with Crippen LogP contribution in [0.3, 0.4) is 0 Å². The predicted molar refractivity (Wildman–Crippen MR) is 111 cm³/mol. The Bertz CT molecular complexity index is 870. The first-order valence-electron chi connectivity index (χ1n) is 9.31. The van der Waals surface area contributed by atoms with Crippen molar-refractivity contribution in [3.05, 3.63) is 64.3 Å². The van der Waals surface area contributed by atoms with E-state index >= 15 is 0 Å². The Morgan fingerprint density at radius 2 is 1.71 bits per heavy atom. The van der Waals surface area contributed by atoms with Crippen molar-refractivity contribution in [2.75, 3.05) is 0 Å². The van der Waals surface area contributed by atoms with Crippen molar-refractivity contribution in [2.24, 2.45) is 5.92 Å². The van der Waals surface area contributed by atoms with E-state index in [0.717, 1.165) is 36.6 Å². The number of para-hydroxylation sites is 1. The van der Waals surface area contributed by atoms with E-state index < -0.39 is 5.97 Å². The number of amides is 1. The number of benzene rings is 2. The second-order valence-corrected chi connectivity index (χ2v) is 7.64. The number of ether oxygens (including phenoxy) is 1. The molecule has 146 valence electrons. The number of carboxylic acids is 1. The molecule has 0 spiro atoms. The molecule has 28 heavy (non-hydrogen) atoms. The Balaban J connectivity index is 1.69. The molecule has 2 N–H and O–H groups in total. The van der Waals surface area contributed by atoms with Crippen LogP contribution in [0.4, 0.5) is 0 Å². The van der Waals surface area contributed by atoms with Crippen LogP contribution in [0.25, 0.3) is 6.08 Å². The molecule has 5 nitrogen and oxygen atoms in total. The summed E-state index contributed by atoms with van der Waals surface area (Å²) >= 11 is 3.43. The SMILES string of the molecule is O=C(O)/C(=C\c1ccc(Oc2ccccc2Br)cc1)NC(=O)C1CCCCC1. The standard InChI is InChI=1S/C22H22BrNO4/c23-18-8-4-5-9-20(18)28-17-12-10-15(11-13-17)14-19(22(26)27)24-21(25)16-6-2-1-3-7-16/h4-5,8-14,16H,1-3,6-7H2,(H,24,25)(H,26,27)/b19-14+. The third-order valence-electron chi connectivity index (χ3n) is 4.72. The van der Waals surface area contributed by atoms with Crippen molar-refractivity contribution in [3.63, 3.8) is 0 Å². The largest absolute Gasteiger partial charge is 0.477 e. The van der Waals surface area contributed by atoms with Gasteiger partial charge in [0.2, 0.25) is 5.91 Å². The molecule has 0 bridgehead atoms. The fraction of sp³-hybridized carbons (Fsp3) is 0.273. The Labute approximate surface area is 172 Å². The van der Waals surface area contributed by atoms with Crippen molar-refractivity contribution < 1.29 is 19.4 Å². The van der Waals surface area contributed by atoms with Gasteiger partial charge in [-0.15, -0.1) is 0 Å². The number of aliphatic carboxylic acids is 1. The van der Waals surface area contributed by atoms with Crippen molar-refractivity contribution >= 4 is 33.9 Å². The van der Waals surface area contributed by atoms with E-state index in [1.807, 2.05) is 24.3 Å². The minimum atomic E-state index is -1.15. The highest BCUT2D eigenvalue weighted by Crippen LogP contribution is 2.29. The van der Waals surface area contributed by atoms with Gasteiger partial charge in [-0.05, 0) is 64.7 Å². The number of carbonyl (C=O) groups excluding carboxylic acids is 1. The van der Waals surface area contributed by atoms with Crippen molar-refractivity contribution in [1.82, 2.24) is 5.32 Å². The topological polar surface area (TPSA) is 75.6 Å². The van der Waals surface area contributed by atoms with Crippen molar-refractivity contribution in [2.45, 2.75) is 32.1 Å². The highest BCUT2D eigenvalue weighted by molar-refractivity contribution is 9.10. The zero-order valence-electron chi connectivity index (χ0n) is 15.4. The zero-order chi connectivity index (χ0) is 19.9. The van der Waals surface area contributed by atoms with Crippen molar-refractivity contribution in [1.29, 1.82) is 0 Å². The van der Waals surface area contributed by atoms with Gasteiger partial charge in [0.1, 0.15) is 17.2 Å². The third kappa shape index (κ3) is 5.45. The second kappa shape index (κ2) is 9.55. The number of carbonyl (C=O) groups is 2. The smallest absolute Gasteiger partial charge is 0.352 e. The van der Waals surface area contributed by atoms with Gasteiger partial charge < -0.3 is 15.2 Å². The molecule has 2 aromatic rings. The molecule has 1 saturated carbocycles. The minimum absolute atomic E-state index is 0.100. The fourth-order valence-electron chi connectivity index (χ4n) is 3.20. The van der Waals surface area contributed by atoms with Crippen LogP contribution in [-0.4, -0.2) is 17.0 Å². The Morgan fingerprint density at radius 1 is 1.04 bits per heavy atom. The first kappa shape index (κ1) is 20.1. The molecule has 1 amide bonds. The van der Waals surface area contributed by atoms with Gasteiger partial charge in [-0.2, -0.15) is 0 Å². The average Bonchev–Trinajstić information content (AvgIpc) is 2.71. The summed E-state index contributed by atoms with van der Waals surface area (Å²) in [6.07, 6.45) is 6.27. The van der Waals surface area contributed by atoms with Crippen LogP contribution in [0.5, 0.6) is 11.5 Å². The highest BCUT2D eigenvalue weighted by Gasteiger charge is 2.23. The van der Waals surface area contributed by atoms with E-state index in [0.29, 0.717) is 17.1 Å². The number of hydrogen-bond donors (Lipinski definition) is 2. The normalized spacial score (nSPS) is 15.1. The van der Waals surface area contributed by atoms with E-state index in [4.69, 9.17) is 4.74 Å². The Morgan fingerprint density at radius 3 is 2.36 bits per heavy atom. The maximum atomic E-state index is 12.4. The number of carboxylic acid groups (broad SMARTS) is 1. The first-order chi connectivity index (χ1) is 13.5. The van der Waals surface area contributed by atoms with Crippen LogP contribution in [-0.2, 0) is 9.59 Å². The molecule has 1 fully saturated rings. The highest BCUT2D eigenvalue weighted by atomic mass is 79.9. The predicted octanol–water partition coefficient (Wildman–Crippen LogP) is 5.36. The zero-order valence-corrected chi connectivity index (χ0v) is 16.9. The van der Waals surface area contributed by atoms with E-state index in [9.17, 15) is 14.7 Å². The Hall–Kier alpha value is -2.60. The van der Waals surface area contributed by atoms with Gasteiger partial charge in [0, 0.05) is 5.92 Å². The average molecular weight is 444 g/mol. The summed E-state index contributed by atoms with van der Waals surface area (Å²) in [4.78, 5) is 23.9. The van der Waals surface area contributed by atoms with Crippen LogP contribution < -0.4 is 10.1 Å². The summed E-state index contributed by atoms with van der Waals surface area (Å²) in [5.41, 5.74) is 0.552. The number of hydrogen-bond acceptors (Lipinski definition) is 3.